The summed E-state index contributed by atoms with van der Waals surface area (Å²) in [7, 11) is 0. The number of thiazole rings is 2. The van der Waals surface area contributed by atoms with Gasteiger partial charge in [-0.2, -0.15) is 0 Å². The van der Waals surface area contributed by atoms with E-state index < -0.39 is 0 Å². The van der Waals surface area contributed by atoms with Crippen LogP contribution >= 0.6 is 22.7 Å². The fraction of sp³-hybridized carbons (Fsp3) is 0.562. The minimum absolute atomic E-state index is 0.0254. The van der Waals surface area contributed by atoms with Crippen molar-refractivity contribution >= 4 is 28.6 Å². The van der Waals surface area contributed by atoms with Crippen LogP contribution in [0.3, 0.4) is 0 Å². The van der Waals surface area contributed by atoms with Gasteiger partial charge in [-0.3, -0.25) is 4.79 Å². The Morgan fingerprint density at radius 2 is 2.13 bits per heavy atom. The van der Waals surface area contributed by atoms with Crippen LogP contribution in [-0.4, -0.2) is 29.0 Å². The van der Waals surface area contributed by atoms with Crippen LogP contribution in [0.2, 0.25) is 0 Å². The number of aryl methyl sites for hydroxylation is 2. The van der Waals surface area contributed by atoms with E-state index in [1.165, 1.54) is 12.8 Å². The van der Waals surface area contributed by atoms with E-state index in [-0.39, 0.29) is 5.91 Å². The molecule has 23 heavy (non-hydrogen) atoms. The van der Waals surface area contributed by atoms with Gasteiger partial charge in [0.15, 0.2) is 0 Å². The molecule has 1 fully saturated rings. The Balaban J connectivity index is 1.59. The first kappa shape index (κ1) is 16.5. The summed E-state index contributed by atoms with van der Waals surface area (Å²) in [6, 6.07) is 0. The summed E-state index contributed by atoms with van der Waals surface area (Å²) in [5.41, 5.74) is 0.844. The van der Waals surface area contributed by atoms with Crippen molar-refractivity contribution in [3.63, 3.8) is 0 Å². The molecule has 7 heteroatoms. The van der Waals surface area contributed by atoms with Crippen LogP contribution in [0, 0.1) is 19.8 Å². The van der Waals surface area contributed by atoms with Gasteiger partial charge in [0.1, 0.15) is 4.88 Å². The van der Waals surface area contributed by atoms with E-state index in [1.807, 2.05) is 20.0 Å². The van der Waals surface area contributed by atoms with Crippen molar-refractivity contribution in [2.24, 2.45) is 5.92 Å². The molecule has 1 aliphatic rings. The minimum atomic E-state index is -0.0254. The van der Waals surface area contributed by atoms with E-state index in [9.17, 15) is 4.79 Å². The lowest BCUT2D eigenvalue weighted by Crippen LogP contribution is -2.28. The van der Waals surface area contributed by atoms with Gasteiger partial charge in [0.2, 0.25) is 0 Å². The van der Waals surface area contributed by atoms with Crippen LogP contribution in [0.5, 0.6) is 0 Å². The SMILES string of the molecule is Cc1ncc(CNC(=O)c2sc(CC3CCNCC3)nc2C)s1. The van der Waals surface area contributed by atoms with Gasteiger partial charge in [0.25, 0.3) is 5.91 Å². The Labute approximate surface area is 144 Å². The molecule has 0 radical (unpaired) electrons. The lowest BCUT2D eigenvalue weighted by molar-refractivity contribution is 0.0954. The van der Waals surface area contributed by atoms with Crippen LogP contribution in [-0.2, 0) is 13.0 Å². The Bertz CT molecular complexity index is 673. The Morgan fingerprint density at radius 1 is 1.35 bits per heavy atom. The van der Waals surface area contributed by atoms with Crippen LogP contribution in [0.4, 0.5) is 0 Å². The summed E-state index contributed by atoms with van der Waals surface area (Å²) in [5.74, 6) is 0.667. The molecule has 0 atom stereocenters. The lowest BCUT2D eigenvalue weighted by atomic mass is 9.95. The molecule has 1 amide bonds. The summed E-state index contributed by atoms with van der Waals surface area (Å²) in [6.45, 7) is 6.61. The summed E-state index contributed by atoms with van der Waals surface area (Å²) in [4.78, 5) is 23.0. The van der Waals surface area contributed by atoms with Gasteiger partial charge in [-0.1, -0.05) is 0 Å². The summed E-state index contributed by atoms with van der Waals surface area (Å²) >= 11 is 3.16. The number of nitrogens with one attached hydrogen (secondary N) is 2. The Hall–Kier alpha value is -1.31. The molecule has 0 spiro atoms. The highest BCUT2D eigenvalue weighted by Gasteiger charge is 2.19. The average Bonchev–Trinajstić information content (AvgIpc) is 3.12. The van der Waals surface area contributed by atoms with Gasteiger partial charge < -0.3 is 10.6 Å². The lowest BCUT2D eigenvalue weighted by Gasteiger charge is -2.21. The van der Waals surface area contributed by atoms with E-state index in [2.05, 4.69) is 20.6 Å². The Kier molecular flexibility index (Phi) is 5.40. The van der Waals surface area contributed by atoms with Gasteiger partial charge >= 0.3 is 0 Å². The number of hydrogen-bond acceptors (Lipinski definition) is 6. The molecule has 3 heterocycles. The molecule has 124 valence electrons. The summed E-state index contributed by atoms with van der Waals surface area (Å²) < 4.78 is 0. The molecule has 1 saturated heterocycles. The van der Waals surface area contributed by atoms with Gasteiger partial charge in [0.05, 0.1) is 22.3 Å². The fourth-order valence-corrected chi connectivity index (χ4v) is 4.65. The number of piperidine rings is 1. The van der Waals surface area contributed by atoms with E-state index in [0.29, 0.717) is 12.5 Å². The normalized spacial score (nSPS) is 15.7. The molecule has 5 nitrogen and oxygen atoms in total. The maximum Gasteiger partial charge on any atom is 0.263 e. The van der Waals surface area contributed by atoms with E-state index in [4.69, 9.17) is 0 Å². The first-order chi connectivity index (χ1) is 11.1. The number of rotatable bonds is 5. The van der Waals surface area contributed by atoms with Crippen LogP contribution in [0.25, 0.3) is 0 Å². The second-order valence-corrected chi connectivity index (χ2v) is 8.35. The average molecular weight is 351 g/mol. The molecule has 0 bridgehead atoms. The molecule has 2 aromatic rings. The van der Waals surface area contributed by atoms with Crippen molar-refractivity contribution < 1.29 is 4.79 Å². The third kappa shape index (κ3) is 4.37. The summed E-state index contributed by atoms with van der Waals surface area (Å²) in [6.07, 6.45) is 5.21. The standard InChI is InChI=1S/C16H22N4OS2/c1-10-15(16(21)19-9-13-8-18-11(2)22-13)23-14(20-10)7-12-3-5-17-6-4-12/h8,12,17H,3-7,9H2,1-2H3,(H,19,21). The molecule has 0 saturated carbocycles. The van der Waals surface area contributed by atoms with Gasteiger partial charge in [-0.25, -0.2) is 9.97 Å². The van der Waals surface area contributed by atoms with Crippen LogP contribution < -0.4 is 10.6 Å². The molecule has 0 aromatic carbocycles. The van der Waals surface area contributed by atoms with Gasteiger partial charge in [-0.05, 0) is 45.7 Å². The van der Waals surface area contributed by atoms with Crippen molar-refractivity contribution in [2.75, 3.05) is 13.1 Å². The van der Waals surface area contributed by atoms with Crippen LogP contribution in [0.15, 0.2) is 6.20 Å². The minimum Gasteiger partial charge on any atom is -0.346 e. The molecular formula is C16H22N4OS2. The van der Waals surface area contributed by atoms with E-state index in [0.717, 1.165) is 45.0 Å². The van der Waals surface area contributed by atoms with Crippen molar-refractivity contribution in [1.29, 1.82) is 0 Å². The molecular weight excluding hydrogens is 328 g/mol. The van der Waals surface area contributed by atoms with Gasteiger partial charge in [-0.15, -0.1) is 22.7 Å². The zero-order chi connectivity index (χ0) is 16.2. The van der Waals surface area contributed by atoms with Crippen LogP contribution in [0.1, 0.15) is 43.1 Å². The number of carbonyl (C=O) groups is 1. The smallest absolute Gasteiger partial charge is 0.263 e. The van der Waals surface area contributed by atoms with Gasteiger partial charge in [0, 0.05) is 17.5 Å². The second kappa shape index (κ2) is 7.51. The molecule has 2 N–H and O–H groups in total. The second-order valence-electron chi connectivity index (χ2n) is 5.95. The third-order valence-corrected chi connectivity index (χ3v) is 6.15. The quantitative estimate of drug-likeness (QED) is 0.870. The highest BCUT2D eigenvalue weighted by Crippen LogP contribution is 2.24. The van der Waals surface area contributed by atoms with E-state index >= 15 is 0 Å². The molecule has 0 unspecified atom stereocenters. The topological polar surface area (TPSA) is 66.9 Å². The molecule has 0 aliphatic carbocycles. The first-order valence-corrected chi connectivity index (χ1v) is 9.61. The zero-order valence-corrected chi connectivity index (χ0v) is 15.1. The maximum atomic E-state index is 12.4. The number of amides is 1. The predicted octanol–water partition coefficient (Wildman–Crippen LogP) is 2.69. The third-order valence-electron chi connectivity index (χ3n) is 4.06. The monoisotopic (exact) mass is 350 g/mol. The number of hydrogen-bond donors (Lipinski definition) is 2. The highest BCUT2D eigenvalue weighted by atomic mass is 32.1. The zero-order valence-electron chi connectivity index (χ0n) is 13.5. The maximum absolute atomic E-state index is 12.4. The van der Waals surface area contributed by atoms with E-state index in [1.54, 1.807) is 22.7 Å². The largest absolute Gasteiger partial charge is 0.346 e. The fourth-order valence-electron chi connectivity index (χ4n) is 2.82. The highest BCUT2D eigenvalue weighted by molar-refractivity contribution is 7.13. The summed E-state index contributed by atoms with van der Waals surface area (Å²) in [5, 5.41) is 8.47. The molecule has 1 aliphatic heterocycles. The first-order valence-electron chi connectivity index (χ1n) is 7.98. The number of aromatic nitrogens is 2. The van der Waals surface area contributed by atoms with Crippen molar-refractivity contribution in [2.45, 2.75) is 39.7 Å². The molecule has 3 rings (SSSR count). The number of carbonyl (C=O) groups excluding carboxylic acids is 1. The van der Waals surface area contributed by atoms with Crippen molar-refractivity contribution in [3.05, 3.63) is 31.7 Å². The predicted molar refractivity (Wildman–Crippen MR) is 94.2 cm³/mol. The van der Waals surface area contributed by atoms with Crippen molar-refractivity contribution in [3.8, 4) is 0 Å². The Morgan fingerprint density at radius 3 is 2.83 bits per heavy atom. The van der Waals surface area contributed by atoms with Crippen molar-refractivity contribution in [1.82, 2.24) is 20.6 Å². The number of nitrogens with zero attached hydrogens (tertiary/aromatic N) is 2. The molecule has 2 aromatic heterocycles.